The van der Waals surface area contributed by atoms with Crippen LogP contribution in [-0.4, -0.2) is 35.4 Å². The number of rotatable bonds is 8. The summed E-state index contributed by atoms with van der Waals surface area (Å²) in [6, 6.07) is 16.2. The Labute approximate surface area is 170 Å². The van der Waals surface area contributed by atoms with E-state index >= 15 is 0 Å². The zero-order chi connectivity index (χ0) is 20.5. The minimum absolute atomic E-state index is 0.104. The fraction of sp³-hybridized carbons (Fsp3) is 0.273. The van der Waals surface area contributed by atoms with Gasteiger partial charge in [0.2, 0.25) is 0 Å². The molecule has 2 N–H and O–H groups in total. The van der Waals surface area contributed by atoms with Gasteiger partial charge < -0.3 is 15.4 Å². The Kier molecular flexibility index (Phi) is 7.22. The van der Waals surface area contributed by atoms with Crippen molar-refractivity contribution in [1.82, 2.24) is 20.4 Å². The van der Waals surface area contributed by atoms with E-state index in [1.165, 1.54) is 17.7 Å². The van der Waals surface area contributed by atoms with Crippen LogP contribution in [0.3, 0.4) is 0 Å². The third-order valence-electron chi connectivity index (χ3n) is 4.27. The van der Waals surface area contributed by atoms with Crippen LogP contribution in [-0.2, 0) is 13.1 Å². The Morgan fingerprint density at radius 2 is 1.86 bits per heavy atom. The molecule has 152 valence electrons. The highest BCUT2D eigenvalue weighted by Crippen LogP contribution is 2.12. The highest BCUT2D eigenvalue weighted by Gasteiger charge is 2.07. The van der Waals surface area contributed by atoms with Gasteiger partial charge >= 0.3 is 0 Å². The first-order valence-corrected chi connectivity index (χ1v) is 9.54. The predicted octanol–water partition coefficient (Wildman–Crippen LogP) is 3.20. The molecular formula is C22H26FN5O. The van der Waals surface area contributed by atoms with Crippen LogP contribution in [0.1, 0.15) is 18.1 Å². The highest BCUT2D eigenvalue weighted by atomic mass is 19.1. The zero-order valence-corrected chi connectivity index (χ0v) is 16.7. The molecular weight excluding hydrogens is 369 g/mol. The summed E-state index contributed by atoms with van der Waals surface area (Å²) >= 11 is 0. The van der Waals surface area contributed by atoms with Gasteiger partial charge in [0.05, 0.1) is 19.3 Å². The first kappa shape index (κ1) is 20.4. The largest absolute Gasteiger partial charge is 0.489 e. The lowest BCUT2D eigenvalue weighted by molar-refractivity contribution is 0.223. The molecule has 0 amide bonds. The van der Waals surface area contributed by atoms with Gasteiger partial charge in [0.1, 0.15) is 17.7 Å². The lowest BCUT2D eigenvalue weighted by atomic mass is 10.2. The molecule has 0 aliphatic carbocycles. The third kappa shape index (κ3) is 6.64. The molecule has 0 spiro atoms. The molecule has 0 radical (unpaired) electrons. The Bertz CT molecular complexity index is 908. The predicted molar refractivity (Wildman–Crippen MR) is 112 cm³/mol. The zero-order valence-electron chi connectivity index (χ0n) is 16.7. The second-order valence-electron chi connectivity index (χ2n) is 6.72. The van der Waals surface area contributed by atoms with E-state index in [1.807, 2.05) is 42.2 Å². The van der Waals surface area contributed by atoms with Crippen LogP contribution in [0, 0.1) is 5.82 Å². The van der Waals surface area contributed by atoms with Crippen molar-refractivity contribution in [3.63, 3.8) is 0 Å². The summed E-state index contributed by atoms with van der Waals surface area (Å²) in [5.74, 6) is 1.03. The lowest BCUT2D eigenvalue weighted by Gasteiger charge is -2.17. The van der Waals surface area contributed by atoms with Crippen LogP contribution in [0.2, 0.25) is 0 Å². The number of nitrogens with zero attached hydrogens (tertiary/aromatic N) is 3. The molecule has 0 fully saturated rings. The Balaban J connectivity index is 1.42. The molecule has 3 rings (SSSR count). The smallest absolute Gasteiger partial charge is 0.191 e. The summed E-state index contributed by atoms with van der Waals surface area (Å²) in [4.78, 5) is 4.23. The number of guanidine groups is 1. The van der Waals surface area contributed by atoms with Gasteiger partial charge in [-0.25, -0.2) is 4.39 Å². The summed E-state index contributed by atoms with van der Waals surface area (Å²) in [6.45, 7) is 3.86. The second kappa shape index (κ2) is 10.3. The molecule has 2 aromatic carbocycles. The van der Waals surface area contributed by atoms with Gasteiger partial charge in [-0.15, -0.1) is 0 Å². The molecule has 0 saturated heterocycles. The summed E-state index contributed by atoms with van der Waals surface area (Å²) in [5.41, 5.74) is 2.28. The van der Waals surface area contributed by atoms with E-state index in [0.717, 1.165) is 12.1 Å². The number of halogens is 1. The summed E-state index contributed by atoms with van der Waals surface area (Å²) in [5, 5.41) is 10.9. The van der Waals surface area contributed by atoms with Gasteiger partial charge in [-0.05, 0) is 36.8 Å². The van der Waals surface area contributed by atoms with Crippen LogP contribution in [0.25, 0.3) is 0 Å². The quantitative estimate of drug-likeness (QED) is 0.454. The molecule has 0 saturated carbocycles. The topological polar surface area (TPSA) is 63.5 Å². The van der Waals surface area contributed by atoms with Crippen LogP contribution in [0.4, 0.5) is 4.39 Å². The van der Waals surface area contributed by atoms with Gasteiger partial charge in [-0.3, -0.25) is 9.67 Å². The number of benzene rings is 2. The monoisotopic (exact) mass is 395 g/mol. The van der Waals surface area contributed by atoms with Gasteiger partial charge in [0, 0.05) is 25.4 Å². The maximum atomic E-state index is 13.0. The average Bonchev–Trinajstić information content (AvgIpc) is 3.18. The highest BCUT2D eigenvalue weighted by molar-refractivity contribution is 5.79. The first-order valence-electron chi connectivity index (χ1n) is 9.54. The van der Waals surface area contributed by atoms with Crippen molar-refractivity contribution >= 4 is 5.96 Å². The number of ether oxygens (including phenoxy) is 1. The lowest BCUT2D eigenvalue weighted by Crippen LogP contribution is -2.41. The van der Waals surface area contributed by atoms with Crippen LogP contribution < -0.4 is 15.4 Å². The van der Waals surface area contributed by atoms with Crippen molar-refractivity contribution in [1.29, 1.82) is 0 Å². The minimum atomic E-state index is -0.278. The van der Waals surface area contributed by atoms with E-state index < -0.39 is 0 Å². The minimum Gasteiger partial charge on any atom is -0.489 e. The van der Waals surface area contributed by atoms with Crippen LogP contribution in [0.15, 0.2) is 72.0 Å². The van der Waals surface area contributed by atoms with E-state index in [2.05, 4.69) is 32.9 Å². The number of aliphatic imine (C=N–C) groups is 1. The molecule has 0 aliphatic rings. The number of hydrogen-bond donors (Lipinski definition) is 2. The first-order chi connectivity index (χ1) is 14.1. The molecule has 29 heavy (non-hydrogen) atoms. The maximum absolute atomic E-state index is 13.0. The Morgan fingerprint density at radius 3 is 2.59 bits per heavy atom. The van der Waals surface area contributed by atoms with E-state index in [-0.39, 0.29) is 11.9 Å². The second-order valence-corrected chi connectivity index (χ2v) is 6.72. The number of nitrogens with one attached hydrogen (secondary N) is 2. The van der Waals surface area contributed by atoms with Crippen LogP contribution in [0.5, 0.6) is 5.75 Å². The van der Waals surface area contributed by atoms with Crippen molar-refractivity contribution in [3.05, 3.63) is 83.9 Å². The van der Waals surface area contributed by atoms with Crippen molar-refractivity contribution in [3.8, 4) is 5.75 Å². The normalized spacial score (nSPS) is 12.4. The summed E-state index contributed by atoms with van der Waals surface area (Å²) in [6.07, 6.45) is 3.77. The summed E-state index contributed by atoms with van der Waals surface area (Å²) < 4.78 is 20.6. The van der Waals surface area contributed by atoms with E-state index in [9.17, 15) is 4.39 Å². The van der Waals surface area contributed by atoms with Crippen molar-refractivity contribution in [2.75, 3.05) is 13.6 Å². The molecule has 1 atom stereocenters. The van der Waals surface area contributed by atoms with Crippen molar-refractivity contribution in [2.45, 2.75) is 26.1 Å². The van der Waals surface area contributed by atoms with E-state index in [0.29, 0.717) is 24.8 Å². The summed E-state index contributed by atoms with van der Waals surface area (Å²) in [7, 11) is 1.72. The fourth-order valence-corrected chi connectivity index (χ4v) is 2.79. The van der Waals surface area contributed by atoms with Gasteiger partial charge in [-0.1, -0.05) is 30.3 Å². The van der Waals surface area contributed by atoms with Gasteiger partial charge in [0.25, 0.3) is 0 Å². The molecule has 6 nitrogen and oxygen atoms in total. The van der Waals surface area contributed by atoms with Crippen molar-refractivity contribution in [2.24, 2.45) is 4.99 Å². The van der Waals surface area contributed by atoms with Crippen LogP contribution >= 0.6 is 0 Å². The average molecular weight is 395 g/mol. The van der Waals surface area contributed by atoms with E-state index in [1.54, 1.807) is 19.2 Å². The van der Waals surface area contributed by atoms with E-state index in [4.69, 9.17) is 4.74 Å². The molecule has 1 unspecified atom stereocenters. The third-order valence-corrected chi connectivity index (χ3v) is 4.27. The van der Waals surface area contributed by atoms with Gasteiger partial charge in [-0.2, -0.15) is 5.10 Å². The number of hydrogen-bond acceptors (Lipinski definition) is 3. The molecule has 1 heterocycles. The maximum Gasteiger partial charge on any atom is 0.191 e. The molecule has 7 heteroatoms. The molecule has 1 aromatic heterocycles. The molecule has 0 aliphatic heterocycles. The van der Waals surface area contributed by atoms with Crippen molar-refractivity contribution < 1.29 is 9.13 Å². The fourth-order valence-electron chi connectivity index (χ4n) is 2.79. The molecule has 3 aromatic rings. The SMILES string of the molecule is CN=C(NCc1cnn(Cc2ccccc2)c1)NCC(C)Oc1ccc(F)cc1. The Hall–Kier alpha value is -3.35. The molecule has 0 bridgehead atoms. The van der Waals surface area contributed by atoms with Gasteiger partial charge in [0.15, 0.2) is 5.96 Å². The Morgan fingerprint density at radius 1 is 1.10 bits per heavy atom. The standard InChI is InChI=1S/C22H26FN5O/c1-17(29-21-10-8-20(23)9-11-21)12-25-22(24-2)26-13-19-14-27-28(16-19)15-18-6-4-3-5-7-18/h3-11,14,16-17H,12-13,15H2,1-2H3,(H2,24,25,26). The number of aromatic nitrogens is 2.